The van der Waals surface area contributed by atoms with Crippen LogP contribution in [0.15, 0.2) is 23.1 Å². The Kier molecular flexibility index (Phi) is 6.15. The van der Waals surface area contributed by atoms with Crippen LogP contribution in [-0.4, -0.2) is 25.9 Å². The largest absolute Gasteiger partial charge is 0.469 e. The van der Waals surface area contributed by atoms with Crippen LogP contribution in [0.5, 0.6) is 0 Å². The molecule has 0 bridgehead atoms. The summed E-state index contributed by atoms with van der Waals surface area (Å²) in [6.45, 7) is 1.97. The second kappa shape index (κ2) is 7.38. The maximum atomic E-state index is 13.8. The third kappa shape index (κ3) is 4.31. The van der Waals surface area contributed by atoms with E-state index in [0.717, 1.165) is 5.56 Å². The number of rotatable bonds is 6. The third-order valence-electron chi connectivity index (χ3n) is 2.68. The van der Waals surface area contributed by atoms with Crippen molar-refractivity contribution in [3.8, 4) is 0 Å². The molecule has 1 aromatic rings. The molecular formula is C13H18FNO2S. The number of carbonyl (C=O) groups excluding carboxylic acids is 1. The lowest BCUT2D eigenvalue weighted by molar-refractivity contribution is -0.140. The summed E-state index contributed by atoms with van der Waals surface area (Å²) in [5.74, 6) is -0.00218. The minimum atomic E-state index is -0.275. The molecule has 1 rings (SSSR count). The molecule has 0 fully saturated rings. The number of halogens is 1. The lowest BCUT2D eigenvalue weighted by Crippen LogP contribution is -2.12. The van der Waals surface area contributed by atoms with Gasteiger partial charge in [-0.3, -0.25) is 4.79 Å². The van der Waals surface area contributed by atoms with Gasteiger partial charge in [0.2, 0.25) is 0 Å². The van der Waals surface area contributed by atoms with Crippen LogP contribution < -0.4 is 5.32 Å². The Morgan fingerprint density at radius 1 is 1.56 bits per heavy atom. The number of thioether (sulfide) groups is 1. The van der Waals surface area contributed by atoms with Crippen molar-refractivity contribution in [3.63, 3.8) is 0 Å². The number of nitrogens with one attached hydrogen (secondary N) is 1. The second-order valence-electron chi connectivity index (χ2n) is 3.87. The van der Waals surface area contributed by atoms with Crippen LogP contribution >= 0.6 is 11.8 Å². The molecule has 1 unspecified atom stereocenters. The zero-order valence-electron chi connectivity index (χ0n) is 10.8. The summed E-state index contributed by atoms with van der Waals surface area (Å²) >= 11 is 1.32. The molecule has 0 amide bonds. The second-order valence-corrected chi connectivity index (χ2v) is 5.01. The van der Waals surface area contributed by atoms with E-state index in [-0.39, 0.29) is 24.2 Å². The Hall–Kier alpha value is -1.07. The van der Waals surface area contributed by atoms with Crippen LogP contribution in [0.2, 0.25) is 0 Å². The predicted molar refractivity (Wildman–Crippen MR) is 71.2 cm³/mol. The first-order valence-corrected chi connectivity index (χ1v) is 6.73. The molecule has 100 valence electrons. The van der Waals surface area contributed by atoms with E-state index in [1.807, 2.05) is 20.0 Å². The predicted octanol–water partition coefficient (Wildman–Crippen LogP) is 2.76. The summed E-state index contributed by atoms with van der Waals surface area (Å²) in [4.78, 5) is 11.5. The van der Waals surface area contributed by atoms with Gasteiger partial charge in [-0.15, -0.1) is 11.8 Å². The Bertz CT molecular complexity index is 412. The number of hydrogen-bond donors (Lipinski definition) is 1. The van der Waals surface area contributed by atoms with Crippen LogP contribution in [0.25, 0.3) is 0 Å². The van der Waals surface area contributed by atoms with Crippen LogP contribution in [0, 0.1) is 5.82 Å². The number of benzene rings is 1. The number of ether oxygens (including phenoxy) is 1. The van der Waals surface area contributed by atoms with Gasteiger partial charge in [-0.05, 0) is 31.7 Å². The van der Waals surface area contributed by atoms with E-state index in [9.17, 15) is 9.18 Å². The van der Waals surface area contributed by atoms with Gasteiger partial charge < -0.3 is 10.1 Å². The first-order valence-electron chi connectivity index (χ1n) is 5.74. The Morgan fingerprint density at radius 2 is 2.28 bits per heavy atom. The highest BCUT2D eigenvalue weighted by atomic mass is 32.2. The number of esters is 1. The summed E-state index contributed by atoms with van der Waals surface area (Å²) in [7, 11) is 3.18. The maximum absolute atomic E-state index is 13.8. The fourth-order valence-corrected chi connectivity index (χ4v) is 2.27. The average Bonchev–Trinajstić information content (AvgIpc) is 2.39. The van der Waals surface area contributed by atoms with Crippen LogP contribution in [0.4, 0.5) is 4.39 Å². The normalized spacial score (nSPS) is 12.2. The highest BCUT2D eigenvalue weighted by Gasteiger charge is 2.09. The molecule has 1 atom stereocenters. The van der Waals surface area contributed by atoms with Crippen molar-refractivity contribution >= 4 is 17.7 Å². The monoisotopic (exact) mass is 271 g/mol. The van der Waals surface area contributed by atoms with Crippen molar-refractivity contribution in [1.29, 1.82) is 0 Å². The van der Waals surface area contributed by atoms with Crippen molar-refractivity contribution in [2.45, 2.75) is 24.3 Å². The van der Waals surface area contributed by atoms with Crippen molar-refractivity contribution in [3.05, 3.63) is 29.6 Å². The molecule has 1 N–H and O–H groups in total. The molecule has 0 saturated heterocycles. The number of methoxy groups -OCH3 is 1. The lowest BCUT2D eigenvalue weighted by atomic mass is 10.1. The molecule has 0 radical (unpaired) electrons. The standard InChI is InChI=1S/C13H18FNO2S/c1-9(15-2)10-4-5-12(11(14)8-10)18-7-6-13(16)17-3/h4-5,8-9,15H,6-7H2,1-3H3. The van der Waals surface area contributed by atoms with Gasteiger partial charge in [0.1, 0.15) is 5.82 Å². The van der Waals surface area contributed by atoms with Gasteiger partial charge in [0, 0.05) is 16.7 Å². The van der Waals surface area contributed by atoms with E-state index in [2.05, 4.69) is 10.1 Å². The van der Waals surface area contributed by atoms with Crippen molar-refractivity contribution in [2.75, 3.05) is 19.9 Å². The van der Waals surface area contributed by atoms with Gasteiger partial charge in [0.05, 0.1) is 13.5 Å². The molecule has 5 heteroatoms. The Morgan fingerprint density at radius 3 is 2.83 bits per heavy atom. The molecule has 0 aromatic heterocycles. The van der Waals surface area contributed by atoms with Crippen LogP contribution in [-0.2, 0) is 9.53 Å². The average molecular weight is 271 g/mol. The molecule has 0 saturated carbocycles. The minimum absolute atomic E-state index is 0.119. The van der Waals surface area contributed by atoms with Gasteiger partial charge in [-0.25, -0.2) is 4.39 Å². The third-order valence-corrected chi connectivity index (χ3v) is 3.73. The molecule has 0 aliphatic rings. The van der Waals surface area contributed by atoms with Crippen LogP contribution in [0.3, 0.4) is 0 Å². The summed E-state index contributed by atoms with van der Waals surface area (Å²) in [6.07, 6.45) is 0.287. The van der Waals surface area contributed by atoms with Gasteiger partial charge in [0.15, 0.2) is 0 Å². The number of hydrogen-bond acceptors (Lipinski definition) is 4. The van der Waals surface area contributed by atoms with E-state index in [1.54, 1.807) is 6.07 Å². The Balaban J connectivity index is 2.60. The topological polar surface area (TPSA) is 38.3 Å². The molecule has 0 aliphatic carbocycles. The molecule has 1 aromatic carbocycles. The van der Waals surface area contributed by atoms with E-state index in [4.69, 9.17) is 0 Å². The summed E-state index contributed by atoms with van der Waals surface area (Å²) < 4.78 is 18.3. The Labute approximate surface area is 111 Å². The summed E-state index contributed by atoms with van der Waals surface area (Å²) in [5.41, 5.74) is 0.910. The first-order chi connectivity index (χ1) is 8.58. The molecular weight excluding hydrogens is 253 g/mol. The van der Waals surface area contributed by atoms with E-state index >= 15 is 0 Å². The van der Waals surface area contributed by atoms with Gasteiger partial charge in [-0.1, -0.05) is 6.07 Å². The van der Waals surface area contributed by atoms with Gasteiger partial charge in [-0.2, -0.15) is 0 Å². The SMILES string of the molecule is CNC(C)c1ccc(SCCC(=O)OC)c(F)c1. The molecule has 18 heavy (non-hydrogen) atoms. The van der Waals surface area contributed by atoms with E-state index in [1.165, 1.54) is 24.9 Å². The highest BCUT2D eigenvalue weighted by Crippen LogP contribution is 2.25. The fraction of sp³-hybridized carbons (Fsp3) is 0.462. The minimum Gasteiger partial charge on any atom is -0.469 e. The van der Waals surface area contributed by atoms with Crippen molar-refractivity contribution < 1.29 is 13.9 Å². The zero-order valence-corrected chi connectivity index (χ0v) is 11.6. The molecule has 3 nitrogen and oxygen atoms in total. The van der Waals surface area contributed by atoms with E-state index < -0.39 is 0 Å². The smallest absolute Gasteiger partial charge is 0.306 e. The molecule has 0 heterocycles. The first kappa shape index (κ1) is 15.0. The van der Waals surface area contributed by atoms with Gasteiger partial charge >= 0.3 is 5.97 Å². The molecule has 0 aliphatic heterocycles. The van der Waals surface area contributed by atoms with E-state index in [0.29, 0.717) is 10.6 Å². The fourth-order valence-electron chi connectivity index (χ4n) is 1.42. The lowest BCUT2D eigenvalue weighted by Gasteiger charge is -2.11. The van der Waals surface area contributed by atoms with Crippen LogP contribution in [0.1, 0.15) is 24.9 Å². The highest BCUT2D eigenvalue weighted by molar-refractivity contribution is 7.99. The summed E-state index contributed by atoms with van der Waals surface area (Å²) in [6, 6.07) is 5.29. The van der Waals surface area contributed by atoms with Crippen molar-refractivity contribution in [2.24, 2.45) is 0 Å². The number of carbonyl (C=O) groups is 1. The quantitative estimate of drug-likeness (QED) is 0.638. The molecule has 0 spiro atoms. The van der Waals surface area contributed by atoms with Gasteiger partial charge in [0.25, 0.3) is 0 Å². The van der Waals surface area contributed by atoms with Crippen molar-refractivity contribution in [1.82, 2.24) is 5.32 Å². The summed E-state index contributed by atoms with van der Waals surface area (Å²) in [5, 5.41) is 3.06. The maximum Gasteiger partial charge on any atom is 0.306 e. The zero-order chi connectivity index (χ0) is 13.5.